The van der Waals surface area contributed by atoms with Crippen LogP contribution in [0.4, 0.5) is 0 Å². The fraction of sp³-hybridized carbons (Fsp3) is 0.200. The van der Waals surface area contributed by atoms with Crippen LogP contribution < -0.4 is 4.74 Å². The Bertz CT molecular complexity index is 409. The number of carbonyl (C=O) groups is 2. The monoisotopic (exact) mass is 192 g/mol. The van der Waals surface area contributed by atoms with E-state index in [1.165, 1.54) is 13.2 Å². The first kappa shape index (κ1) is 8.74. The lowest BCUT2D eigenvalue weighted by molar-refractivity contribution is 0.0442. The third-order valence-corrected chi connectivity index (χ3v) is 2.08. The molecule has 4 heteroatoms. The summed E-state index contributed by atoms with van der Waals surface area (Å²) in [6.45, 7) is -0.168. The lowest BCUT2D eigenvalue weighted by Gasteiger charge is -2.14. The molecule has 1 aliphatic rings. The first-order valence-corrected chi connectivity index (χ1v) is 4.11. The number of hydrogen-bond donors (Lipinski definition) is 0. The van der Waals surface area contributed by atoms with Crippen molar-refractivity contribution in [3.8, 4) is 5.75 Å². The predicted octanol–water partition coefficient (Wildman–Crippen LogP) is 1.05. The Morgan fingerprint density at radius 3 is 2.79 bits per heavy atom. The molecular formula is C10H8O4. The summed E-state index contributed by atoms with van der Waals surface area (Å²) < 4.78 is 9.62. The zero-order valence-electron chi connectivity index (χ0n) is 7.57. The second kappa shape index (κ2) is 3.14. The van der Waals surface area contributed by atoms with Gasteiger partial charge in [0, 0.05) is 5.56 Å². The number of hydrogen-bond acceptors (Lipinski definition) is 4. The molecule has 4 nitrogen and oxygen atoms in total. The normalized spacial score (nSPS) is 14.6. The summed E-state index contributed by atoms with van der Waals surface area (Å²) in [6, 6.07) is 4.74. The number of Topliss-reactive ketones (excluding diaryl/α,β-unsaturated/α-hetero) is 1. The third kappa shape index (κ3) is 1.25. The molecule has 2 rings (SSSR count). The summed E-state index contributed by atoms with van der Waals surface area (Å²) >= 11 is 0. The van der Waals surface area contributed by atoms with Crippen molar-refractivity contribution in [3.63, 3.8) is 0 Å². The number of esters is 1. The average molecular weight is 192 g/mol. The maximum absolute atomic E-state index is 11.3. The summed E-state index contributed by atoms with van der Waals surface area (Å²) in [5, 5.41) is 0. The lowest BCUT2D eigenvalue weighted by Crippen LogP contribution is -2.23. The van der Waals surface area contributed by atoms with Crippen LogP contribution in [-0.4, -0.2) is 25.5 Å². The van der Waals surface area contributed by atoms with Crippen LogP contribution in [0.3, 0.4) is 0 Å². The van der Waals surface area contributed by atoms with Crippen LogP contribution in [0.25, 0.3) is 0 Å². The van der Waals surface area contributed by atoms with Crippen LogP contribution in [0.15, 0.2) is 18.2 Å². The first-order chi connectivity index (χ1) is 6.72. The van der Waals surface area contributed by atoms with E-state index in [0.29, 0.717) is 11.3 Å². The summed E-state index contributed by atoms with van der Waals surface area (Å²) in [7, 11) is 1.50. The minimum Gasteiger partial charge on any atom is -0.497 e. The van der Waals surface area contributed by atoms with Crippen LogP contribution in [-0.2, 0) is 4.74 Å². The molecule has 0 aliphatic carbocycles. The Morgan fingerprint density at radius 2 is 2.07 bits per heavy atom. The van der Waals surface area contributed by atoms with Crippen LogP contribution in [0.1, 0.15) is 20.7 Å². The SMILES string of the molecule is COc1ccc2c(c1)C(=O)OCC2=O. The van der Waals surface area contributed by atoms with E-state index in [2.05, 4.69) is 4.74 Å². The Balaban J connectivity index is 2.56. The molecule has 0 unspecified atom stereocenters. The van der Waals surface area contributed by atoms with Gasteiger partial charge in [-0.25, -0.2) is 4.79 Å². The lowest BCUT2D eigenvalue weighted by atomic mass is 10.0. The van der Waals surface area contributed by atoms with Gasteiger partial charge in [-0.05, 0) is 18.2 Å². The summed E-state index contributed by atoms with van der Waals surface area (Å²) in [6.07, 6.45) is 0. The van der Waals surface area contributed by atoms with Crippen LogP contribution >= 0.6 is 0 Å². The molecule has 0 N–H and O–H groups in total. The number of ether oxygens (including phenoxy) is 2. The van der Waals surface area contributed by atoms with Crippen LogP contribution in [0.2, 0.25) is 0 Å². The summed E-state index contributed by atoms with van der Waals surface area (Å²) in [5.74, 6) is -0.115. The maximum atomic E-state index is 11.3. The van der Waals surface area contributed by atoms with Crippen molar-refractivity contribution in [1.29, 1.82) is 0 Å². The molecule has 1 heterocycles. The number of cyclic esters (lactones) is 1. The van der Waals surface area contributed by atoms with E-state index in [9.17, 15) is 9.59 Å². The molecule has 1 aliphatic heterocycles. The number of methoxy groups -OCH3 is 1. The minimum absolute atomic E-state index is 0.168. The van der Waals surface area contributed by atoms with Gasteiger partial charge in [0.05, 0.1) is 12.7 Å². The molecule has 1 aromatic rings. The second-order valence-corrected chi connectivity index (χ2v) is 2.91. The highest BCUT2D eigenvalue weighted by atomic mass is 16.5. The van der Waals surface area contributed by atoms with Gasteiger partial charge in [-0.2, -0.15) is 0 Å². The van der Waals surface area contributed by atoms with Crippen molar-refractivity contribution in [1.82, 2.24) is 0 Å². The molecule has 0 saturated heterocycles. The highest BCUT2D eigenvalue weighted by Gasteiger charge is 2.25. The quantitative estimate of drug-likeness (QED) is 0.624. The van der Waals surface area contributed by atoms with Gasteiger partial charge >= 0.3 is 5.97 Å². The number of benzene rings is 1. The second-order valence-electron chi connectivity index (χ2n) is 2.91. The molecular weight excluding hydrogens is 184 g/mol. The van der Waals surface area contributed by atoms with Gasteiger partial charge in [0.25, 0.3) is 0 Å². The van der Waals surface area contributed by atoms with E-state index in [-0.39, 0.29) is 18.0 Å². The smallest absolute Gasteiger partial charge is 0.339 e. The molecule has 0 radical (unpaired) electrons. The van der Waals surface area contributed by atoms with Crippen molar-refractivity contribution >= 4 is 11.8 Å². The fourth-order valence-corrected chi connectivity index (χ4v) is 1.35. The predicted molar refractivity (Wildman–Crippen MR) is 47.6 cm³/mol. The van der Waals surface area contributed by atoms with Gasteiger partial charge in [-0.1, -0.05) is 0 Å². The molecule has 0 saturated carbocycles. The molecule has 1 aromatic carbocycles. The van der Waals surface area contributed by atoms with Crippen molar-refractivity contribution < 1.29 is 19.1 Å². The highest BCUT2D eigenvalue weighted by Crippen LogP contribution is 2.22. The van der Waals surface area contributed by atoms with Crippen LogP contribution in [0, 0.1) is 0 Å². The van der Waals surface area contributed by atoms with E-state index in [1.807, 2.05) is 0 Å². The molecule has 14 heavy (non-hydrogen) atoms. The molecule has 0 fully saturated rings. The standard InChI is InChI=1S/C10H8O4/c1-13-6-2-3-7-8(4-6)10(12)14-5-9(7)11/h2-4H,5H2,1H3. The van der Waals surface area contributed by atoms with Crippen molar-refractivity contribution in [2.45, 2.75) is 0 Å². The summed E-state index contributed by atoms with van der Waals surface area (Å²) in [5.41, 5.74) is 0.683. The van der Waals surface area contributed by atoms with Gasteiger partial charge in [-0.3, -0.25) is 4.79 Å². The number of fused-ring (bicyclic) bond motifs is 1. The van der Waals surface area contributed by atoms with E-state index in [0.717, 1.165) is 0 Å². The van der Waals surface area contributed by atoms with Gasteiger partial charge in [0.15, 0.2) is 6.61 Å². The molecule has 0 atom stereocenters. The van der Waals surface area contributed by atoms with E-state index < -0.39 is 5.97 Å². The van der Waals surface area contributed by atoms with Crippen molar-refractivity contribution in [2.75, 3.05) is 13.7 Å². The number of carbonyl (C=O) groups excluding carboxylic acids is 2. The Labute approximate surface area is 80.4 Å². The zero-order valence-corrected chi connectivity index (χ0v) is 7.57. The fourth-order valence-electron chi connectivity index (χ4n) is 1.35. The van der Waals surface area contributed by atoms with Gasteiger partial charge < -0.3 is 9.47 Å². The molecule has 0 spiro atoms. The van der Waals surface area contributed by atoms with Gasteiger partial charge in [0.1, 0.15) is 5.75 Å². The Kier molecular flexibility index (Phi) is 1.96. The van der Waals surface area contributed by atoms with Gasteiger partial charge in [-0.15, -0.1) is 0 Å². The minimum atomic E-state index is -0.474. The van der Waals surface area contributed by atoms with Crippen molar-refractivity contribution in [3.05, 3.63) is 29.3 Å². The van der Waals surface area contributed by atoms with E-state index in [1.54, 1.807) is 12.1 Å². The van der Waals surface area contributed by atoms with E-state index >= 15 is 0 Å². The number of ketones is 1. The largest absolute Gasteiger partial charge is 0.497 e. The summed E-state index contributed by atoms with van der Waals surface area (Å²) in [4.78, 5) is 22.6. The third-order valence-electron chi connectivity index (χ3n) is 2.08. The topological polar surface area (TPSA) is 52.6 Å². The highest BCUT2D eigenvalue weighted by molar-refractivity contribution is 6.10. The van der Waals surface area contributed by atoms with Gasteiger partial charge in [0.2, 0.25) is 5.78 Å². The molecule has 72 valence electrons. The zero-order chi connectivity index (χ0) is 10.1. The van der Waals surface area contributed by atoms with Crippen LogP contribution in [0.5, 0.6) is 5.75 Å². The number of rotatable bonds is 1. The maximum Gasteiger partial charge on any atom is 0.339 e. The van der Waals surface area contributed by atoms with Crippen molar-refractivity contribution in [2.24, 2.45) is 0 Å². The van der Waals surface area contributed by atoms with E-state index in [4.69, 9.17) is 4.74 Å². The molecule has 0 bridgehead atoms. The first-order valence-electron chi connectivity index (χ1n) is 4.11. The molecule has 0 amide bonds. The Morgan fingerprint density at radius 1 is 1.29 bits per heavy atom. The average Bonchev–Trinajstić information content (AvgIpc) is 2.23. The Hall–Kier alpha value is -1.84. The molecule has 0 aromatic heterocycles.